The average molecular weight is 802 g/mol. The van der Waals surface area contributed by atoms with E-state index in [1.165, 1.54) is 132 Å². The normalized spacial score (nSPS) is 32.7. The van der Waals surface area contributed by atoms with Gasteiger partial charge in [0.2, 0.25) is 0 Å². The summed E-state index contributed by atoms with van der Waals surface area (Å²) >= 11 is 0. The molecule has 10 aliphatic rings. The van der Waals surface area contributed by atoms with Crippen LogP contribution in [-0.2, 0) is 10.8 Å². The summed E-state index contributed by atoms with van der Waals surface area (Å²) in [6.45, 7) is 0. The van der Waals surface area contributed by atoms with Crippen LogP contribution in [0.15, 0.2) is 121 Å². The number of nitrogens with zero attached hydrogens (tertiary/aromatic N) is 3. The van der Waals surface area contributed by atoms with Gasteiger partial charge in [-0.05, 0) is 164 Å². The Kier molecular flexibility index (Phi) is 4.97. The Bertz CT molecular complexity index is 3820. The van der Waals surface area contributed by atoms with Gasteiger partial charge in [-0.2, -0.15) is 10.5 Å². The summed E-state index contributed by atoms with van der Waals surface area (Å²) < 4.78 is 2.54. The van der Waals surface area contributed by atoms with Crippen molar-refractivity contribution in [3.63, 3.8) is 0 Å². The molecule has 5 bridgehead atoms. The number of aromatic nitrogens is 1. The number of nitriles is 2. The molecule has 8 unspecified atom stereocenters. The molecule has 19 rings (SSSR count). The molecule has 4 saturated carbocycles. The molecular formula is C60H39N3. The molecule has 10 aliphatic carbocycles. The van der Waals surface area contributed by atoms with Crippen molar-refractivity contribution in [2.75, 3.05) is 0 Å². The molecule has 7 aromatic carbocycles. The van der Waals surface area contributed by atoms with E-state index >= 15 is 0 Å². The Labute approximate surface area is 364 Å². The molecule has 2 aromatic heterocycles. The summed E-state index contributed by atoms with van der Waals surface area (Å²) in [7, 11) is 0. The molecule has 0 radical (unpaired) electrons. The maximum Gasteiger partial charge on any atom is 0.0995 e. The van der Waals surface area contributed by atoms with Gasteiger partial charge in [0.25, 0.3) is 0 Å². The van der Waals surface area contributed by atoms with Crippen LogP contribution in [0.5, 0.6) is 0 Å². The Hall–Kier alpha value is -6.68. The first kappa shape index (κ1) is 32.1. The third kappa shape index (κ3) is 3.02. The maximum atomic E-state index is 11.4. The molecule has 4 fully saturated rings. The van der Waals surface area contributed by atoms with E-state index in [4.69, 9.17) is 0 Å². The molecule has 0 saturated heterocycles. The van der Waals surface area contributed by atoms with E-state index in [1.54, 1.807) is 5.56 Å². The molecule has 0 aliphatic heterocycles. The molecule has 3 heteroatoms. The first-order valence-corrected chi connectivity index (χ1v) is 23.7. The van der Waals surface area contributed by atoms with Crippen LogP contribution in [0.2, 0.25) is 0 Å². The standard InChI is InChI=1S/C60H39N3/c61-26-30-18-45-51(53-47(30)49-35-9-1-3-11-37(35)50(53)38-12-4-2-10-36(38)49)41-21-32(58-23-29-17-33-20-34(25-58)59(33,24-29)28-58)22-42-52-46(63(45)57(41)42)19-31(27-62)48-54(52)56-40-14-6-8-16-44(40)60(56)43-15-7-5-13-39(43)55(48)60/h1-16,18-19,21-22,29,33-34,49-50,55-56H,17,20,23-25,28H2. The Morgan fingerprint density at radius 1 is 0.524 bits per heavy atom. The van der Waals surface area contributed by atoms with Gasteiger partial charge in [-0.3, -0.25) is 0 Å². The fourth-order valence-corrected chi connectivity index (χ4v) is 18.7. The fraction of sp³-hybridized carbons (Fsp3) is 0.267. The summed E-state index contributed by atoms with van der Waals surface area (Å²) in [5.41, 5.74) is 23.7. The van der Waals surface area contributed by atoms with E-state index in [1.807, 2.05) is 0 Å². The van der Waals surface area contributed by atoms with Crippen molar-refractivity contribution < 1.29 is 0 Å². The van der Waals surface area contributed by atoms with Gasteiger partial charge >= 0.3 is 0 Å². The third-order valence-corrected chi connectivity index (χ3v) is 20.2. The molecule has 3 nitrogen and oxygen atoms in total. The summed E-state index contributed by atoms with van der Waals surface area (Å²) in [5.74, 6) is 3.06. The summed E-state index contributed by atoms with van der Waals surface area (Å²) in [6, 6.07) is 52.0. The highest BCUT2D eigenvalue weighted by Crippen LogP contribution is 2.80. The van der Waals surface area contributed by atoms with Crippen LogP contribution in [0, 0.1) is 45.8 Å². The molecule has 9 aromatic rings. The highest BCUT2D eigenvalue weighted by Gasteiger charge is 2.72. The van der Waals surface area contributed by atoms with Crippen LogP contribution in [0.1, 0.15) is 146 Å². The maximum absolute atomic E-state index is 11.4. The van der Waals surface area contributed by atoms with E-state index in [2.05, 4.69) is 138 Å². The predicted octanol–water partition coefficient (Wildman–Crippen LogP) is 12.9. The van der Waals surface area contributed by atoms with Crippen molar-refractivity contribution >= 4 is 38.1 Å². The van der Waals surface area contributed by atoms with Crippen LogP contribution in [0.3, 0.4) is 0 Å². The van der Waals surface area contributed by atoms with Gasteiger partial charge in [-0.1, -0.05) is 97.1 Å². The zero-order chi connectivity index (χ0) is 40.6. The number of benzene rings is 7. The third-order valence-electron chi connectivity index (χ3n) is 20.2. The number of fused-ring (bicyclic) bond motifs is 16. The number of hydrogen-bond acceptors (Lipinski definition) is 2. The molecule has 8 atom stereocenters. The van der Waals surface area contributed by atoms with Crippen molar-refractivity contribution in [1.82, 2.24) is 4.40 Å². The highest BCUT2D eigenvalue weighted by atomic mass is 14.9. The lowest BCUT2D eigenvalue weighted by molar-refractivity contribution is -0.000156. The molecule has 0 amide bonds. The Morgan fingerprint density at radius 3 is 1.68 bits per heavy atom. The molecule has 2 spiro atoms. The summed E-state index contributed by atoms with van der Waals surface area (Å²) in [6.07, 6.45) is 8.35. The zero-order valence-electron chi connectivity index (χ0n) is 34.7. The van der Waals surface area contributed by atoms with E-state index < -0.39 is 0 Å². The average Bonchev–Trinajstić information content (AvgIpc) is 4.00. The second-order valence-corrected chi connectivity index (χ2v) is 21.8. The van der Waals surface area contributed by atoms with Gasteiger partial charge in [-0.25, -0.2) is 0 Å². The van der Waals surface area contributed by atoms with Crippen molar-refractivity contribution in [2.45, 2.75) is 73.0 Å². The molecular weight excluding hydrogens is 763 g/mol. The lowest BCUT2D eigenvalue weighted by Crippen LogP contribution is -2.52. The molecule has 0 N–H and O–H groups in total. The topological polar surface area (TPSA) is 52.0 Å². The van der Waals surface area contributed by atoms with Crippen molar-refractivity contribution in [3.05, 3.63) is 205 Å². The number of hydrogen-bond donors (Lipinski definition) is 0. The Morgan fingerprint density at radius 2 is 1.06 bits per heavy atom. The van der Waals surface area contributed by atoms with Crippen LogP contribution in [0.25, 0.3) is 38.1 Å². The minimum Gasteiger partial charge on any atom is -0.308 e. The monoisotopic (exact) mass is 801 g/mol. The lowest BCUT2D eigenvalue weighted by Gasteiger charge is -2.58. The molecule has 2 heterocycles. The Balaban J connectivity index is 1.03. The quantitative estimate of drug-likeness (QED) is 0.166. The predicted molar refractivity (Wildman–Crippen MR) is 245 cm³/mol. The fourth-order valence-electron chi connectivity index (χ4n) is 18.7. The van der Waals surface area contributed by atoms with E-state index in [0.717, 1.165) is 39.9 Å². The van der Waals surface area contributed by atoms with Gasteiger partial charge in [0.05, 0.1) is 39.8 Å². The van der Waals surface area contributed by atoms with Crippen LogP contribution >= 0.6 is 0 Å². The summed E-state index contributed by atoms with van der Waals surface area (Å²) in [4.78, 5) is 0. The van der Waals surface area contributed by atoms with Crippen molar-refractivity contribution in [2.24, 2.45) is 23.2 Å². The van der Waals surface area contributed by atoms with Gasteiger partial charge < -0.3 is 4.40 Å². The highest BCUT2D eigenvalue weighted by molar-refractivity contribution is 6.26. The minimum atomic E-state index is -0.139. The van der Waals surface area contributed by atoms with Gasteiger partial charge in [0.1, 0.15) is 0 Å². The minimum absolute atomic E-state index is 0.0159. The smallest absolute Gasteiger partial charge is 0.0995 e. The van der Waals surface area contributed by atoms with Gasteiger partial charge in [0.15, 0.2) is 0 Å². The van der Waals surface area contributed by atoms with E-state index in [9.17, 15) is 10.5 Å². The zero-order valence-corrected chi connectivity index (χ0v) is 34.7. The molecule has 63 heavy (non-hydrogen) atoms. The van der Waals surface area contributed by atoms with Crippen LogP contribution in [-0.4, -0.2) is 4.40 Å². The van der Waals surface area contributed by atoms with Gasteiger partial charge in [-0.15, -0.1) is 0 Å². The first-order valence-electron chi connectivity index (χ1n) is 23.7. The largest absolute Gasteiger partial charge is 0.308 e. The van der Waals surface area contributed by atoms with E-state index in [-0.39, 0.29) is 34.5 Å². The van der Waals surface area contributed by atoms with Crippen molar-refractivity contribution in [1.29, 1.82) is 10.5 Å². The van der Waals surface area contributed by atoms with Gasteiger partial charge in [0, 0.05) is 50.6 Å². The molecule has 294 valence electrons. The van der Waals surface area contributed by atoms with Crippen LogP contribution < -0.4 is 0 Å². The SMILES string of the molecule is N#Cc1cc2c(c3c1C1c4ccccc4C3c3ccccc31)c1cc(C34CC5CC6CC(C3)C6(C5)C4)cc3c4c5c(c(C#N)cc4n2c13)C1c2ccccc2C12c1ccccc1C52. The number of rotatable bonds is 1. The van der Waals surface area contributed by atoms with Crippen molar-refractivity contribution in [3.8, 4) is 12.1 Å². The van der Waals surface area contributed by atoms with E-state index in [0.29, 0.717) is 5.41 Å². The first-order chi connectivity index (χ1) is 31.1. The summed E-state index contributed by atoms with van der Waals surface area (Å²) in [5, 5.41) is 28.1. The second-order valence-electron chi connectivity index (χ2n) is 21.8. The van der Waals surface area contributed by atoms with Crippen LogP contribution in [0.4, 0.5) is 0 Å². The lowest BCUT2D eigenvalue weighted by atomic mass is 9.43. The second kappa shape index (κ2) is 9.76.